The molecule has 69 valence electrons. The number of aliphatic carboxylic acids is 1. The van der Waals surface area contributed by atoms with Crippen LogP contribution < -0.4 is 0 Å². The molecule has 1 radical (unpaired) electrons. The molecule has 0 atom stereocenters. The highest BCUT2D eigenvalue weighted by molar-refractivity contribution is 6.23. The number of carbonyl (C=O) groups is 2. The smallest absolute Gasteiger partial charge is 0.339 e. The molecule has 1 aliphatic carbocycles. The summed E-state index contributed by atoms with van der Waals surface area (Å²) in [4.78, 5) is 22.0. The van der Waals surface area contributed by atoms with Crippen LogP contribution in [0.5, 0.6) is 0 Å². The van der Waals surface area contributed by atoms with E-state index in [-0.39, 0.29) is 5.57 Å². The Balaban J connectivity index is 3.31. The molecule has 13 heavy (non-hydrogen) atoms. The van der Waals surface area contributed by atoms with Crippen LogP contribution in [0, 0.1) is 6.42 Å². The molecular formula is C10H11O3. The Morgan fingerprint density at radius 2 is 1.77 bits per heavy atom. The van der Waals surface area contributed by atoms with E-state index in [1.165, 1.54) is 6.42 Å². The standard InChI is InChI=1S/C10H11O3/c1-5-4-8(11)9(10(12)13)7(3)6(5)2/h4H,1-3H3,(H,12,13). The molecule has 0 heterocycles. The highest BCUT2D eigenvalue weighted by Crippen LogP contribution is 2.26. The van der Waals surface area contributed by atoms with Crippen LogP contribution >= 0.6 is 0 Å². The van der Waals surface area contributed by atoms with E-state index in [0.717, 1.165) is 11.1 Å². The highest BCUT2D eigenvalue weighted by Gasteiger charge is 2.26. The maximum Gasteiger partial charge on any atom is 0.339 e. The van der Waals surface area contributed by atoms with Crippen LogP contribution in [0.3, 0.4) is 0 Å². The fourth-order valence-electron chi connectivity index (χ4n) is 1.31. The summed E-state index contributed by atoms with van der Waals surface area (Å²) < 4.78 is 0. The van der Waals surface area contributed by atoms with Gasteiger partial charge in [-0.25, -0.2) is 4.79 Å². The van der Waals surface area contributed by atoms with Gasteiger partial charge in [-0.2, -0.15) is 0 Å². The number of Topliss-reactive ketones (excluding diaryl/α,β-unsaturated/α-hetero) is 1. The highest BCUT2D eigenvalue weighted by atomic mass is 16.4. The lowest BCUT2D eigenvalue weighted by Crippen LogP contribution is -2.19. The van der Waals surface area contributed by atoms with Crippen LogP contribution in [0.1, 0.15) is 20.8 Å². The normalized spacial score (nSPS) is 18.2. The molecule has 0 aromatic rings. The molecule has 0 spiro atoms. The SMILES string of the molecule is CC1=C(C)C(C)=C(C(=O)O)C(=O)[CH]1. The number of carbonyl (C=O) groups excluding carboxylic acids is 1. The molecule has 0 aromatic carbocycles. The molecule has 1 rings (SSSR count). The van der Waals surface area contributed by atoms with Gasteiger partial charge in [0.2, 0.25) is 0 Å². The van der Waals surface area contributed by atoms with Crippen molar-refractivity contribution in [3.63, 3.8) is 0 Å². The fraction of sp³-hybridized carbons (Fsp3) is 0.300. The van der Waals surface area contributed by atoms with E-state index in [2.05, 4.69) is 0 Å². The average molecular weight is 179 g/mol. The van der Waals surface area contributed by atoms with E-state index in [0.29, 0.717) is 5.57 Å². The Labute approximate surface area is 76.8 Å². The van der Waals surface area contributed by atoms with Gasteiger partial charge in [-0.3, -0.25) is 4.79 Å². The number of carboxylic acid groups (broad SMARTS) is 1. The van der Waals surface area contributed by atoms with Gasteiger partial charge in [0.15, 0.2) is 5.78 Å². The third kappa shape index (κ3) is 1.54. The van der Waals surface area contributed by atoms with E-state index in [4.69, 9.17) is 5.11 Å². The van der Waals surface area contributed by atoms with Crippen molar-refractivity contribution in [2.45, 2.75) is 20.8 Å². The lowest BCUT2D eigenvalue weighted by atomic mass is 9.87. The summed E-state index contributed by atoms with van der Waals surface area (Å²) in [5.41, 5.74) is 2.17. The zero-order valence-corrected chi connectivity index (χ0v) is 7.84. The second-order valence-corrected chi connectivity index (χ2v) is 3.12. The number of allylic oxidation sites excluding steroid dienone is 3. The number of rotatable bonds is 1. The summed E-state index contributed by atoms with van der Waals surface area (Å²) in [6, 6.07) is 0. The second kappa shape index (κ2) is 3.17. The third-order valence-corrected chi connectivity index (χ3v) is 2.34. The molecule has 0 bridgehead atoms. The summed E-state index contributed by atoms with van der Waals surface area (Å²) in [7, 11) is 0. The van der Waals surface area contributed by atoms with Crippen LogP contribution in [0.25, 0.3) is 0 Å². The zero-order chi connectivity index (χ0) is 10.2. The van der Waals surface area contributed by atoms with E-state index >= 15 is 0 Å². The van der Waals surface area contributed by atoms with Crippen molar-refractivity contribution in [3.8, 4) is 0 Å². The predicted octanol–water partition coefficient (Wildman–Crippen LogP) is 1.51. The number of ketones is 1. The number of hydrogen-bond donors (Lipinski definition) is 1. The third-order valence-electron chi connectivity index (χ3n) is 2.34. The minimum absolute atomic E-state index is 0.108. The first kappa shape index (κ1) is 9.71. The molecule has 0 aromatic heterocycles. The first-order valence-electron chi connectivity index (χ1n) is 3.96. The molecule has 0 saturated carbocycles. The van der Waals surface area contributed by atoms with E-state index in [9.17, 15) is 9.59 Å². The summed E-state index contributed by atoms with van der Waals surface area (Å²) in [6.07, 6.45) is 1.37. The van der Waals surface area contributed by atoms with Crippen molar-refractivity contribution in [2.75, 3.05) is 0 Å². The summed E-state index contributed by atoms with van der Waals surface area (Å²) in [5, 5.41) is 8.76. The van der Waals surface area contributed by atoms with Crippen LogP contribution in [-0.2, 0) is 9.59 Å². The van der Waals surface area contributed by atoms with Crippen molar-refractivity contribution in [2.24, 2.45) is 0 Å². The maximum atomic E-state index is 11.3. The van der Waals surface area contributed by atoms with Gasteiger partial charge in [0.05, 0.1) is 6.42 Å². The lowest BCUT2D eigenvalue weighted by molar-refractivity contribution is -0.134. The van der Waals surface area contributed by atoms with Gasteiger partial charge in [0.25, 0.3) is 0 Å². The molecule has 0 saturated heterocycles. The monoisotopic (exact) mass is 179 g/mol. The molecule has 3 nitrogen and oxygen atoms in total. The number of carboxylic acids is 1. The van der Waals surface area contributed by atoms with Crippen molar-refractivity contribution in [1.82, 2.24) is 0 Å². The summed E-state index contributed by atoms with van der Waals surface area (Å²) in [6.45, 7) is 5.28. The summed E-state index contributed by atoms with van der Waals surface area (Å²) >= 11 is 0. The Bertz CT molecular complexity index is 345. The molecule has 0 aliphatic heterocycles. The fourth-order valence-corrected chi connectivity index (χ4v) is 1.31. The Kier molecular flexibility index (Phi) is 2.36. The van der Waals surface area contributed by atoms with Gasteiger partial charge in [-0.1, -0.05) is 5.57 Å². The first-order valence-corrected chi connectivity index (χ1v) is 3.96. The minimum atomic E-state index is -1.15. The van der Waals surface area contributed by atoms with E-state index in [1.54, 1.807) is 13.8 Å². The average Bonchev–Trinajstić information content (AvgIpc) is 1.99. The Hall–Kier alpha value is -1.38. The van der Waals surface area contributed by atoms with Crippen molar-refractivity contribution < 1.29 is 14.7 Å². The van der Waals surface area contributed by atoms with Gasteiger partial charge in [0, 0.05) is 0 Å². The van der Waals surface area contributed by atoms with E-state index < -0.39 is 11.8 Å². The molecular weight excluding hydrogens is 168 g/mol. The Morgan fingerprint density at radius 1 is 1.23 bits per heavy atom. The Morgan fingerprint density at radius 3 is 2.23 bits per heavy atom. The van der Waals surface area contributed by atoms with Crippen LogP contribution in [0.2, 0.25) is 0 Å². The maximum absolute atomic E-state index is 11.3. The predicted molar refractivity (Wildman–Crippen MR) is 48.0 cm³/mol. The first-order chi connectivity index (χ1) is 5.95. The number of hydrogen-bond acceptors (Lipinski definition) is 2. The minimum Gasteiger partial charge on any atom is -0.478 e. The lowest BCUT2D eigenvalue weighted by Gasteiger charge is -2.16. The van der Waals surface area contributed by atoms with Crippen LogP contribution in [0.4, 0.5) is 0 Å². The van der Waals surface area contributed by atoms with Gasteiger partial charge in [-0.15, -0.1) is 0 Å². The molecule has 0 unspecified atom stereocenters. The van der Waals surface area contributed by atoms with Gasteiger partial charge < -0.3 is 5.11 Å². The molecule has 0 fully saturated rings. The van der Waals surface area contributed by atoms with Crippen LogP contribution in [-0.4, -0.2) is 16.9 Å². The zero-order valence-electron chi connectivity index (χ0n) is 7.84. The quantitative estimate of drug-likeness (QED) is 0.621. The molecule has 0 amide bonds. The van der Waals surface area contributed by atoms with Crippen molar-refractivity contribution in [1.29, 1.82) is 0 Å². The van der Waals surface area contributed by atoms with Crippen molar-refractivity contribution in [3.05, 3.63) is 28.7 Å². The topological polar surface area (TPSA) is 54.4 Å². The van der Waals surface area contributed by atoms with Gasteiger partial charge in [0.1, 0.15) is 5.57 Å². The molecule has 1 aliphatic rings. The summed E-state index contributed by atoms with van der Waals surface area (Å²) in [5.74, 6) is -1.56. The second-order valence-electron chi connectivity index (χ2n) is 3.12. The van der Waals surface area contributed by atoms with Crippen LogP contribution in [0.15, 0.2) is 22.3 Å². The van der Waals surface area contributed by atoms with Gasteiger partial charge >= 0.3 is 5.97 Å². The molecule has 3 heteroatoms. The van der Waals surface area contributed by atoms with Gasteiger partial charge in [-0.05, 0) is 31.9 Å². The largest absolute Gasteiger partial charge is 0.478 e. The van der Waals surface area contributed by atoms with E-state index in [1.807, 2.05) is 6.92 Å². The molecule has 1 N–H and O–H groups in total. The van der Waals surface area contributed by atoms with Crippen molar-refractivity contribution >= 4 is 11.8 Å².